The smallest absolute Gasteiger partial charge is 0.437 e. The molecule has 0 spiro atoms. The number of alkyl halides is 3. The van der Waals surface area contributed by atoms with Gasteiger partial charge in [0, 0.05) is 49.4 Å². The first kappa shape index (κ1) is 55.4. The van der Waals surface area contributed by atoms with Crippen LogP contribution in [-0.4, -0.2) is 57.2 Å². The number of allylic oxidation sites excluding steroid dienone is 2. The van der Waals surface area contributed by atoms with Gasteiger partial charge in [-0.25, -0.2) is 0 Å². The topological polar surface area (TPSA) is 78.5 Å². The van der Waals surface area contributed by atoms with Crippen molar-refractivity contribution < 1.29 is 26.8 Å². The molecule has 4 heterocycles. The van der Waals surface area contributed by atoms with Crippen molar-refractivity contribution >= 4 is 92.0 Å². The van der Waals surface area contributed by atoms with E-state index in [0.717, 1.165) is 49.0 Å². The van der Waals surface area contributed by atoms with Crippen molar-refractivity contribution in [2.75, 3.05) is 31.2 Å². The Morgan fingerprint density at radius 1 is 0.667 bits per heavy atom. The summed E-state index contributed by atoms with van der Waals surface area (Å²) >= 11 is 3.26. The summed E-state index contributed by atoms with van der Waals surface area (Å²) in [4.78, 5) is 6.43. The molecule has 0 saturated carbocycles. The highest BCUT2D eigenvalue weighted by Gasteiger charge is 2.65. The molecule has 6 aromatic rings. The molecular weight excluding hydrogens is 1030 g/mol. The minimum atomic E-state index is -4.99. The third kappa shape index (κ3) is 10.6. The molecule has 0 saturated heterocycles. The molecule has 2 aliphatic rings. The van der Waals surface area contributed by atoms with E-state index in [0.29, 0.717) is 13.2 Å². The van der Waals surface area contributed by atoms with Gasteiger partial charge >= 0.3 is 6.18 Å². The van der Waals surface area contributed by atoms with Crippen LogP contribution in [0.2, 0.25) is 36.3 Å². The maximum atomic E-state index is 15.7. The van der Waals surface area contributed by atoms with Crippen LogP contribution >= 0.6 is 22.7 Å². The summed E-state index contributed by atoms with van der Waals surface area (Å²) in [6, 6.07) is 45.5. The number of benzene rings is 4. The lowest BCUT2D eigenvalue weighted by atomic mass is 9.84. The standard InChI is InChI=1S/C61H66F3N3O3S2Si3/c1-43(41-65)55-51(42-66)52(60(70-55,61(62,63)64)45-21-15-12-16-22-45)34-33-48-40-54-57(72-48)56-53(75(54,49-23-17-13-18-24-49)50-25-19-14-20-26-50)39-47(71-56)32-29-44-27-30-46(31-28-44)67(35-37-68-73(8,9)58(2,3)4)36-38-69-74(10,11)59(5,6)7/h12-34,39-40H,35-38H2,1-11H3/b32-29+,34-33+,55-43+. The lowest BCUT2D eigenvalue weighted by Gasteiger charge is -2.38. The number of ether oxygens (including phenoxy) is 1. The highest BCUT2D eigenvalue weighted by Crippen LogP contribution is 2.56. The zero-order valence-corrected chi connectivity index (χ0v) is 49.4. The van der Waals surface area contributed by atoms with Crippen LogP contribution in [0.25, 0.3) is 28.0 Å². The highest BCUT2D eigenvalue weighted by molar-refractivity contribution is 7.34. The molecule has 8 rings (SSSR count). The number of anilines is 1. The first-order chi connectivity index (χ1) is 35.4. The Labute approximate surface area is 453 Å². The maximum Gasteiger partial charge on any atom is 0.437 e. The van der Waals surface area contributed by atoms with Crippen molar-refractivity contribution in [3.63, 3.8) is 0 Å². The molecule has 2 aromatic heterocycles. The van der Waals surface area contributed by atoms with E-state index in [-0.39, 0.29) is 38.1 Å². The van der Waals surface area contributed by atoms with Crippen LogP contribution in [0, 0.1) is 22.7 Å². The van der Waals surface area contributed by atoms with Crippen LogP contribution in [-0.2, 0) is 19.2 Å². The van der Waals surface area contributed by atoms with Gasteiger partial charge in [-0.05, 0) is 106 Å². The number of nitrogens with zero attached hydrogens (tertiary/aromatic N) is 3. The Kier molecular flexibility index (Phi) is 15.7. The van der Waals surface area contributed by atoms with Crippen molar-refractivity contribution in [3.8, 4) is 21.9 Å². The monoisotopic (exact) mass is 1090 g/mol. The van der Waals surface area contributed by atoms with Gasteiger partial charge in [-0.15, -0.1) is 22.7 Å². The molecule has 0 N–H and O–H groups in total. The Balaban J connectivity index is 1.17. The quantitative estimate of drug-likeness (QED) is 0.0709. The van der Waals surface area contributed by atoms with Gasteiger partial charge in [-0.3, -0.25) is 0 Å². The van der Waals surface area contributed by atoms with Gasteiger partial charge in [0.2, 0.25) is 0 Å². The van der Waals surface area contributed by atoms with Crippen LogP contribution in [0.4, 0.5) is 18.9 Å². The average Bonchev–Trinajstić information content (AvgIpc) is 4.16. The molecule has 14 heteroatoms. The summed E-state index contributed by atoms with van der Waals surface area (Å²) < 4.78 is 66.3. The van der Waals surface area contributed by atoms with Crippen molar-refractivity contribution in [2.24, 2.45) is 0 Å². The number of nitriles is 2. The van der Waals surface area contributed by atoms with Crippen LogP contribution in [0.3, 0.4) is 0 Å². The molecule has 0 bridgehead atoms. The molecule has 0 fully saturated rings. The van der Waals surface area contributed by atoms with Crippen LogP contribution in [0.15, 0.2) is 156 Å². The van der Waals surface area contributed by atoms with Gasteiger partial charge in [0.1, 0.15) is 11.6 Å². The molecular formula is C61H66F3N3O3S2Si3. The Morgan fingerprint density at radius 2 is 1.12 bits per heavy atom. The van der Waals surface area contributed by atoms with Crippen LogP contribution in [0.1, 0.15) is 69.3 Å². The fourth-order valence-electron chi connectivity index (χ4n) is 9.40. The second-order valence-electron chi connectivity index (χ2n) is 22.3. The zero-order valence-electron chi connectivity index (χ0n) is 44.8. The van der Waals surface area contributed by atoms with Gasteiger partial charge in [0.15, 0.2) is 30.5 Å². The van der Waals surface area contributed by atoms with Gasteiger partial charge in [0.05, 0.1) is 24.9 Å². The van der Waals surface area contributed by atoms with E-state index < -0.39 is 36.5 Å². The van der Waals surface area contributed by atoms with E-state index in [4.69, 9.17) is 13.6 Å². The molecule has 0 amide bonds. The lowest BCUT2D eigenvalue weighted by Crippen LogP contribution is -2.72. The third-order valence-corrected chi connectivity index (χ3v) is 32.2. The number of thiophene rings is 2. The molecule has 6 nitrogen and oxygen atoms in total. The largest absolute Gasteiger partial charge is 0.466 e. The van der Waals surface area contributed by atoms with E-state index in [1.807, 2.05) is 24.3 Å². The number of fused-ring (bicyclic) bond motifs is 3. The summed E-state index contributed by atoms with van der Waals surface area (Å²) in [6.07, 6.45) is 2.39. The van der Waals surface area contributed by atoms with E-state index in [9.17, 15) is 10.5 Å². The van der Waals surface area contributed by atoms with Gasteiger partial charge < -0.3 is 18.5 Å². The first-order valence-corrected chi connectivity index (χ1v) is 34.8. The molecule has 388 valence electrons. The Hall–Kier alpha value is -5.82. The SMILES string of the molecule is C/C(C#N)=C1\OC(c2ccccc2)(C(F)(F)F)C(/C=C/c2cc3c(s2)-c2sc(/C=C/c4ccc(N(CCO[Si](C)(C)C(C)(C)C)CCO[Si](C)(C)C(C)(C)C)cc4)cc2[Si]3(c2ccccc2)c2ccccc2)=C1C#N. The number of rotatable bonds is 16. The third-order valence-electron chi connectivity index (χ3n) is 15.6. The number of halogens is 3. The highest BCUT2D eigenvalue weighted by atomic mass is 32.1. The molecule has 4 aromatic carbocycles. The second-order valence-corrected chi connectivity index (χ2v) is 37.9. The summed E-state index contributed by atoms with van der Waals surface area (Å²) in [5, 5.41) is 25.4. The number of hydrogen-bond acceptors (Lipinski definition) is 8. The van der Waals surface area contributed by atoms with Crippen molar-refractivity contribution in [2.45, 2.75) is 96.5 Å². The van der Waals surface area contributed by atoms with E-state index >= 15 is 13.2 Å². The molecule has 1 unspecified atom stereocenters. The van der Waals surface area contributed by atoms with E-state index in [1.54, 1.807) is 23.5 Å². The summed E-state index contributed by atoms with van der Waals surface area (Å²) in [5.41, 5.74) is -1.83. The minimum absolute atomic E-state index is 0.119. The van der Waals surface area contributed by atoms with Gasteiger partial charge in [-0.2, -0.15) is 23.7 Å². The molecule has 0 radical (unpaired) electrons. The van der Waals surface area contributed by atoms with Crippen molar-refractivity contribution in [1.29, 1.82) is 10.5 Å². The van der Waals surface area contributed by atoms with E-state index in [1.165, 1.54) is 64.2 Å². The predicted molar refractivity (Wildman–Crippen MR) is 314 cm³/mol. The second kappa shape index (κ2) is 21.3. The molecule has 75 heavy (non-hydrogen) atoms. The number of hydrogen-bond donors (Lipinski definition) is 0. The summed E-state index contributed by atoms with van der Waals surface area (Å²) in [7, 11) is -6.86. The molecule has 2 aliphatic heterocycles. The summed E-state index contributed by atoms with van der Waals surface area (Å²) in [5.74, 6) is -0.374. The summed E-state index contributed by atoms with van der Waals surface area (Å²) in [6.45, 7) is 27.0. The van der Waals surface area contributed by atoms with Gasteiger partial charge in [-0.1, -0.05) is 157 Å². The first-order valence-electron chi connectivity index (χ1n) is 25.4. The predicted octanol–water partition coefficient (Wildman–Crippen LogP) is 14.3. The molecule has 1 atom stereocenters. The lowest BCUT2D eigenvalue weighted by molar-refractivity contribution is -0.249. The van der Waals surface area contributed by atoms with Crippen LogP contribution in [0.5, 0.6) is 0 Å². The Bertz CT molecular complexity index is 3170. The van der Waals surface area contributed by atoms with Gasteiger partial charge in [0.25, 0.3) is 5.60 Å². The Morgan fingerprint density at radius 3 is 1.55 bits per heavy atom. The van der Waals surface area contributed by atoms with E-state index in [2.05, 4.69) is 170 Å². The fraction of sp³-hybridized carbons (Fsp3) is 0.311. The fourth-order valence-corrected chi connectivity index (χ4v) is 20.1. The minimum Gasteiger partial charge on any atom is -0.466 e. The maximum absolute atomic E-state index is 15.7. The van der Waals surface area contributed by atoms with Crippen molar-refractivity contribution in [1.82, 2.24) is 0 Å². The normalized spacial score (nSPS) is 17.5. The molecule has 0 aliphatic carbocycles. The average molecular weight is 1090 g/mol. The van der Waals surface area contributed by atoms with Crippen LogP contribution < -0.4 is 25.6 Å². The van der Waals surface area contributed by atoms with Crippen molar-refractivity contribution in [3.05, 3.63) is 177 Å². The zero-order chi connectivity index (χ0) is 54.2.